The second kappa shape index (κ2) is 8.41. The number of hydrogen-bond donors (Lipinski definition) is 1. The van der Waals surface area contributed by atoms with Gasteiger partial charge in [0.2, 0.25) is 0 Å². The Balaban J connectivity index is 1.60. The number of halogens is 1. The van der Waals surface area contributed by atoms with Crippen LogP contribution in [0.2, 0.25) is 0 Å². The number of allylic oxidation sites excluding steroid dienone is 2. The molecule has 3 aromatic carbocycles. The van der Waals surface area contributed by atoms with Crippen LogP contribution in [0.15, 0.2) is 94.7 Å². The number of pyridine rings is 1. The molecule has 0 unspecified atom stereocenters. The summed E-state index contributed by atoms with van der Waals surface area (Å²) in [6.45, 7) is 0. The molecule has 5 heteroatoms. The molecule has 0 radical (unpaired) electrons. The molecule has 0 bridgehead atoms. The summed E-state index contributed by atoms with van der Waals surface area (Å²) < 4.78 is 6.75. The number of hydrogen-bond acceptors (Lipinski definition) is 4. The zero-order chi connectivity index (χ0) is 23.2. The highest BCUT2D eigenvalue weighted by Crippen LogP contribution is 2.51. The van der Waals surface area contributed by atoms with Gasteiger partial charge in [-0.05, 0) is 59.9 Å². The van der Waals surface area contributed by atoms with Gasteiger partial charge < -0.3 is 10.1 Å². The average Bonchev–Trinajstić information content (AvgIpc) is 2.87. The van der Waals surface area contributed by atoms with E-state index in [1.165, 1.54) is 5.56 Å². The topological polar surface area (TPSA) is 51.2 Å². The predicted octanol–water partition coefficient (Wildman–Crippen LogP) is 6.96. The van der Waals surface area contributed by atoms with Crippen LogP contribution in [0, 0.1) is 0 Å². The monoisotopic (exact) mass is 510 g/mol. The molecule has 0 saturated carbocycles. The smallest absolute Gasteiger partial charge is 0.162 e. The van der Waals surface area contributed by atoms with Crippen molar-refractivity contribution in [2.75, 3.05) is 12.4 Å². The van der Waals surface area contributed by atoms with Gasteiger partial charge in [0.1, 0.15) is 5.75 Å². The van der Waals surface area contributed by atoms with Crippen molar-refractivity contribution < 1.29 is 9.53 Å². The number of ether oxygens (including phenoxy) is 1. The number of ketones is 1. The summed E-state index contributed by atoms with van der Waals surface area (Å²) in [7, 11) is 1.68. The maximum atomic E-state index is 13.9. The minimum atomic E-state index is -0.240. The lowest BCUT2D eigenvalue weighted by Gasteiger charge is -2.37. The molecule has 34 heavy (non-hydrogen) atoms. The lowest BCUT2D eigenvalue weighted by molar-refractivity contribution is -0.116. The van der Waals surface area contributed by atoms with Gasteiger partial charge in [-0.15, -0.1) is 0 Å². The molecule has 4 nitrogen and oxygen atoms in total. The molecular formula is C29H23BrN2O2. The van der Waals surface area contributed by atoms with Crippen LogP contribution in [0.3, 0.4) is 0 Å². The van der Waals surface area contributed by atoms with Gasteiger partial charge in [-0.2, -0.15) is 0 Å². The van der Waals surface area contributed by atoms with Crippen molar-refractivity contribution in [3.05, 3.63) is 111 Å². The number of carbonyl (C=O) groups is 1. The highest BCUT2D eigenvalue weighted by Gasteiger charge is 2.40. The third-order valence-electron chi connectivity index (χ3n) is 6.97. The van der Waals surface area contributed by atoms with E-state index in [0.717, 1.165) is 55.6 Å². The molecule has 1 N–H and O–H groups in total. The summed E-state index contributed by atoms with van der Waals surface area (Å²) in [6, 6.07) is 24.5. The van der Waals surface area contributed by atoms with Crippen LogP contribution in [-0.2, 0) is 4.79 Å². The molecule has 0 spiro atoms. The summed E-state index contributed by atoms with van der Waals surface area (Å²) in [5, 5.41) is 4.70. The van der Waals surface area contributed by atoms with E-state index in [4.69, 9.17) is 4.74 Å². The first kappa shape index (κ1) is 21.1. The number of anilines is 1. The SMILES string of the molecule is COc1ccc(Br)cc1[C@@H]1C2=C(C[C@H](c3ccccc3)CC2=O)Nc2ccc3ncccc3c21. The summed E-state index contributed by atoms with van der Waals surface area (Å²) in [5.74, 6) is 0.873. The fourth-order valence-electron chi connectivity index (χ4n) is 5.49. The summed E-state index contributed by atoms with van der Waals surface area (Å²) in [4.78, 5) is 18.4. The molecule has 4 aromatic rings. The minimum Gasteiger partial charge on any atom is -0.496 e. The van der Waals surface area contributed by atoms with Crippen LogP contribution in [0.1, 0.15) is 41.4 Å². The van der Waals surface area contributed by atoms with Crippen molar-refractivity contribution in [2.45, 2.75) is 24.7 Å². The lowest BCUT2D eigenvalue weighted by atomic mass is 9.71. The molecule has 2 atom stereocenters. The molecule has 0 fully saturated rings. The maximum Gasteiger partial charge on any atom is 0.162 e. The van der Waals surface area contributed by atoms with Gasteiger partial charge in [0.15, 0.2) is 5.78 Å². The number of methoxy groups -OCH3 is 1. The van der Waals surface area contributed by atoms with Crippen LogP contribution < -0.4 is 10.1 Å². The van der Waals surface area contributed by atoms with Crippen molar-refractivity contribution in [2.24, 2.45) is 0 Å². The van der Waals surface area contributed by atoms with E-state index < -0.39 is 0 Å². The molecule has 6 rings (SSSR count). The molecule has 2 aliphatic rings. The van der Waals surface area contributed by atoms with Crippen molar-refractivity contribution in [1.29, 1.82) is 0 Å². The van der Waals surface area contributed by atoms with E-state index in [-0.39, 0.29) is 17.6 Å². The first-order chi connectivity index (χ1) is 16.6. The third kappa shape index (κ3) is 3.43. The van der Waals surface area contributed by atoms with Crippen molar-refractivity contribution in [3.8, 4) is 5.75 Å². The number of nitrogens with zero attached hydrogens (tertiary/aromatic N) is 1. The second-order valence-corrected chi connectivity index (χ2v) is 9.79. The summed E-state index contributed by atoms with van der Waals surface area (Å²) in [6.07, 6.45) is 3.10. The number of benzene rings is 3. The van der Waals surface area contributed by atoms with Crippen LogP contribution in [-0.4, -0.2) is 17.9 Å². The van der Waals surface area contributed by atoms with Gasteiger partial charge in [-0.3, -0.25) is 9.78 Å². The first-order valence-corrected chi connectivity index (χ1v) is 12.2. The van der Waals surface area contributed by atoms with Crippen LogP contribution in [0.25, 0.3) is 10.9 Å². The van der Waals surface area contributed by atoms with E-state index in [1.807, 2.05) is 42.5 Å². The Hall–Kier alpha value is -3.44. The Morgan fingerprint density at radius 3 is 2.68 bits per heavy atom. The number of rotatable bonds is 3. The van der Waals surface area contributed by atoms with E-state index in [0.29, 0.717) is 6.42 Å². The van der Waals surface area contributed by atoms with Gasteiger partial charge in [-0.25, -0.2) is 0 Å². The number of nitrogens with one attached hydrogen (secondary N) is 1. The Morgan fingerprint density at radius 1 is 1.00 bits per heavy atom. The summed E-state index contributed by atoms with van der Waals surface area (Å²) >= 11 is 3.64. The van der Waals surface area contributed by atoms with E-state index >= 15 is 0 Å². The van der Waals surface area contributed by atoms with Crippen LogP contribution in [0.4, 0.5) is 5.69 Å². The number of carbonyl (C=O) groups excluding carboxylic acids is 1. The largest absolute Gasteiger partial charge is 0.496 e. The van der Waals surface area contributed by atoms with Crippen molar-refractivity contribution in [3.63, 3.8) is 0 Å². The molecule has 0 saturated heterocycles. The molecule has 1 aromatic heterocycles. The molecule has 0 amide bonds. The summed E-state index contributed by atoms with van der Waals surface area (Å²) in [5.41, 5.74) is 7.04. The minimum absolute atomic E-state index is 0.161. The predicted molar refractivity (Wildman–Crippen MR) is 138 cm³/mol. The van der Waals surface area contributed by atoms with Crippen LogP contribution in [0.5, 0.6) is 5.75 Å². The van der Waals surface area contributed by atoms with Crippen LogP contribution >= 0.6 is 15.9 Å². The zero-order valence-electron chi connectivity index (χ0n) is 18.7. The van der Waals surface area contributed by atoms with E-state index in [9.17, 15) is 4.79 Å². The van der Waals surface area contributed by atoms with Crippen molar-refractivity contribution >= 4 is 38.3 Å². The zero-order valence-corrected chi connectivity index (χ0v) is 20.3. The molecule has 2 heterocycles. The standard InChI is InChI=1S/C29H23BrN2O2/c1-34-26-12-9-19(30)16-21(26)28-27-20-8-5-13-31-22(20)10-11-23(27)32-24-14-18(15-25(33)29(24)28)17-6-3-2-4-7-17/h2-13,16,18,28,32H,14-15H2,1H3/t18-,28-/m0/s1. The molecule has 1 aliphatic carbocycles. The Labute approximate surface area is 206 Å². The normalized spacial score (nSPS) is 19.4. The van der Waals surface area contributed by atoms with Gasteiger partial charge in [0, 0.05) is 50.9 Å². The number of Topliss-reactive ketones (excluding diaryl/α,β-unsaturated/α-hetero) is 1. The second-order valence-electron chi connectivity index (χ2n) is 8.87. The maximum absolute atomic E-state index is 13.9. The Morgan fingerprint density at radius 2 is 1.85 bits per heavy atom. The van der Waals surface area contributed by atoms with Gasteiger partial charge >= 0.3 is 0 Å². The van der Waals surface area contributed by atoms with E-state index in [2.05, 4.69) is 56.6 Å². The Bertz CT molecular complexity index is 1460. The van der Waals surface area contributed by atoms with Crippen molar-refractivity contribution in [1.82, 2.24) is 4.98 Å². The fraction of sp³-hybridized carbons (Fsp3) is 0.172. The molecular weight excluding hydrogens is 488 g/mol. The first-order valence-electron chi connectivity index (χ1n) is 11.4. The van der Waals surface area contributed by atoms with E-state index in [1.54, 1.807) is 13.3 Å². The third-order valence-corrected chi connectivity index (χ3v) is 7.46. The molecule has 168 valence electrons. The van der Waals surface area contributed by atoms with Gasteiger partial charge in [0.05, 0.1) is 12.6 Å². The average molecular weight is 511 g/mol. The highest BCUT2D eigenvalue weighted by molar-refractivity contribution is 9.10. The lowest BCUT2D eigenvalue weighted by Crippen LogP contribution is -2.30. The quantitative estimate of drug-likeness (QED) is 0.323. The van der Waals surface area contributed by atoms with Gasteiger partial charge in [0.25, 0.3) is 0 Å². The van der Waals surface area contributed by atoms with Gasteiger partial charge in [-0.1, -0.05) is 52.3 Å². The molecule has 1 aliphatic heterocycles. The Kier molecular flexibility index (Phi) is 5.22. The highest BCUT2D eigenvalue weighted by atomic mass is 79.9. The number of fused-ring (bicyclic) bond motifs is 3. The fourth-order valence-corrected chi connectivity index (χ4v) is 5.87. The number of aromatic nitrogens is 1.